The van der Waals surface area contributed by atoms with Crippen molar-refractivity contribution in [3.8, 4) is 11.3 Å². The van der Waals surface area contributed by atoms with E-state index in [1.165, 1.54) is 6.07 Å². The van der Waals surface area contributed by atoms with Gasteiger partial charge in [-0.25, -0.2) is 33.4 Å². The molecule has 4 heterocycles. The van der Waals surface area contributed by atoms with Crippen LogP contribution in [0.3, 0.4) is 0 Å². The average molecular weight is 508 g/mol. The number of rotatable bonds is 6. The van der Waals surface area contributed by atoms with E-state index in [-0.39, 0.29) is 22.7 Å². The molecule has 11 heteroatoms. The van der Waals surface area contributed by atoms with E-state index in [1.54, 1.807) is 22.7 Å². The second-order valence-electron chi connectivity index (χ2n) is 10.2. The number of hydrogen-bond donors (Lipinski definition) is 2. The Morgan fingerprint density at radius 2 is 1.89 bits per heavy atom. The van der Waals surface area contributed by atoms with Crippen molar-refractivity contribution in [2.24, 2.45) is 0 Å². The molecule has 194 valence electrons. The van der Waals surface area contributed by atoms with E-state index in [1.807, 2.05) is 32.4 Å². The molecule has 0 saturated carbocycles. The van der Waals surface area contributed by atoms with Gasteiger partial charge in [-0.3, -0.25) is 4.90 Å². The smallest absolute Gasteiger partial charge is 0.229 e. The molecular formula is C26H31F2N9. The number of imidazole rings is 1. The van der Waals surface area contributed by atoms with Crippen molar-refractivity contribution >= 4 is 22.8 Å². The first-order chi connectivity index (χ1) is 17.6. The molecule has 1 fully saturated rings. The number of anilines is 2. The van der Waals surface area contributed by atoms with Gasteiger partial charge in [0, 0.05) is 57.6 Å². The minimum atomic E-state index is -0.654. The molecule has 5 rings (SSSR count). The van der Waals surface area contributed by atoms with E-state index < -0.39 is 11.6 Å². The molecule has 0 radical (unpaired) electrons. The Labute approximate surface area is 214 Å². The summed E-state index contributed by atoms with van der Waals surface area (Å²) in [7, 11) is 3.66. The Bertz CT molecular complexity index is 1430. The maximum absolute atomic E-state index is 14.9. The summed E-state index contributed by atoms with van der Waals surface area (Å²) in [4.78, 5) is 19.6. The number of piperazine rings is 1. The molecule has 0 atom stereocenters. The lowest BCUT2D eigenvalue weighted by Crippen LogP contribution is -2.56. The Kier molecular flexibility index (Phi) is 6.50. The molecule has 3 aromatic heterocycles. The maximum Gasteiger partial charge on any atom is 0.229 e. The largest absolute Gasteiger partial charge is 0.317 e. The quantitative estimate of drug-likeness (QED) is 0.410. The highest BCUT2D eigenvalue weighted by atomic mass is 19.1. The average Bonchev–Trinajstić information content (AvgIpc) is 3.17. The number of benzene rings is 1. The second-order valence-corrected chi connectivity index (χ2v) is 10.2. The van der Waals surface area contributed by atoms with Crippen LogP contribution in [0, 0.1) is 18.6 Å². The fraction of sp³-hybridized carbons (Fsp3) is 0.385. The van der Waals surface area contributed by atoms with Crippen molar-refractivity contribution in [2.75, 3.05) is 44.1 Å². The topological polar surface area (TPSA) is 87.0 Å². The number of nitrogens with zero attached hydrogens (tertiary/aromatic N) is 7. The van der Waals surface area contributed by atoms with Gasteiger partial charge in [-0.05, 0) is 44.5 Å². The van der Waals surface area contributed by atoms with Gasteiger partial charge in [0.05, 0.1) is 11.7 Å². The molecule has 1 aromatic carbocycles. The number of aryl methyl sites for hydroxylation is 1. The first kappa shape index (κ1) is 25.0. The van der Waals surface area contributed by atoms with Crippen molar-refractivity contribution in [3.05, 3.63) is 59.7 Å². The summed E-state index contributed by atoms with van der Waals surface area (Å²) in [5, 5.41) is 8.33. The number of halogens is 2. The molecule has 37 heavy (non-hydrogen) atoms. The zero-order chi connectivity index (χ0) is 26.3. The standard InChI is InChI=1S/C26H31F2N9/c1-16-32-24-19(27)10-18(11-21(24)37(16)35(4)5)23-20(28)13-30-25(34-23)33-22-7-6-17(12-29-22)14-36-9-8-31-26(2,3)15-36/h6-7,10-13,31H,8-9,14-15H2,1-5H3,(H,29,30,33,34). The highest BCUT2D eigenvalue weighted by Crippen LogP contribution is 2.29. The van der Waals surface area contributed by atoms with Crippen LogP contribution in [-0.4, -0.2) is 68.8 Å². The van der Waals surface area contributed by atoms with Gasteiger partial charge >= 0.3 is 0 Å². The molecule has 1 aliphatic rings. The summed E-state index contributed by atoms with van der Waals surface area (Å²) in [6.07, 6.45) is 2.89. The van der Waals surface area contributed by atoms with E-state index in [0.717, 1.165) is 37.9 Å². The first-order valence-electron chi connectivity index (χ1n) is 12.2. The van der Waals surface area contributed by atoms with E-state index in [4.69, 9.17) is 0 Å². The molecule has 1 aliphatic heterocycles. The molecule has 0 unspecified atom stereocenters. The van der Waals surface area contributed by atoms with Crippen molar-refractivity contribution < 1.29 is 8.78 Å². The molecule has 4 aromatic rings. The van der Waals surface area contributed by atoms with E-state index in [0.29, 0.717) is 22.7 Å². The second kappa shape index (κ2) is 9.64. The summed E-state index contributed by atoms with van der Waals surface area (Å²) in [5.41, 5.74) is 2.20. The summed E-state index contributed by atoms with van der Waals surface area (Å²) in [6.45, 7) is 9.90. The molecular weight excluding hydrogens is 476 g/mol. The molecule has 0 aliphatic carbocycles. The van der Waals surface area contributed by atoms with Crippen LogP contribution in [0.15, 0.2) is 36.7 Å². The van der Waals surface area contributed by atoms with Gasteiger partial charge < -0.3 is 15.6 Å². The van der Waals surface area contributed by atoms with Gasteiger partial charge in [0.25, 0.3) is 0 Å². The Hall–Kier alpha value is -3.70. The summed E-state index contributed by atoms with van der Waals surface area (Å²) < 4.78 is 31.5. The van der Waals surface area contributed by atoms with E-state index in [9.17, 15) is 8.78 Å². The van der Waals surface area contributed by atoms with Crippen LogP contribution < -0.4 is 15.6 Å². The monoisotopic (exact) mass is 507 g/mol. The number of fused-ring (bicyclic) bond motifs is 1. The van der Waals surface area contributed by atoms with E-state index >= 15 is 0 Å². The molecule has 0 spiro atoms. The molecule has 9 nitrogen and oxygen atoms in total. The third-order valence-corrected chi connectivity index (χ3v) is 6.39. The van der Waals surface area contributed by atoms with Gasteiger partial charge in [0.15, 0.2) is 11.6 Å². The van der Waals surface area contributed by atoms with Crippen LogP contribution in [0.2, 0.25) is 0 Å². The van der Waals surface area contributed by atoms with Crippen LogP contribution in [0.1, 0.15) is 25.2 Å². The van der Waals surface area contributed by atoms with Gasteiger partial charge in [-0.1, -0.05) is 6.07 Å². The van der Waals surface area contributed by atoms with Crippen LogP contribution in [-0.2, 0) is 6.54 Å². The molecule has 0 amide bonds. The van der Waals surface area contributed by atoms with Crippen molar-refractivity contribution in [2.45, 2.75) is 32.9 Å². The Morgan fingerprint density at radius 3 is 2.59 bits per heavy atom. The van der Waals surface area contributed by atoms with Gasteiger partial charge in [0.1, 0.15) is 22.9 Å². The SMILES string of the molecule is Cc1nc2c(F)cc(-c3nc(Nc4ccc(CN5CCNC(C)(C)C5)cn4)ncc3F)cc2n1N(C)C. The number of aromatic nitrogens is 5. The lowest BCUT2D eigenvalue weighted by Gasteiger charge is -2.39. The summed E-state index contributed by atoms with van der Waals surface area (Å²) in [6, 6.07) is 6.77. The third kappa shape index (κ3) is 5.23. The van der Waals surface area contributed by atoms with E-state index in [2.05, 4.69) is 49.3 Å². The fourth-order valence-corrected chi connectivity index (χ4v) is 4.86. The van der Waals surface area contributed by atoms with Crippen molar-refractivity contribution in [1.82, 2.24) is 34.8 Å². The highest BCUT2D eigenvalue weighted by molar-refractivity contribution is 5.83. The highest BCUT2D eigenvalue weighted by Gasteiger charge is 2.25. The van der Waals surface area contributed by atoms with Crippen molar-refractivity contribution in [1.29, 1.82) is 0 Å². The maximum atomic E-state index is 14.9. The van der Waals surface area contributed by atoms with Gasteiger partial charge in [0.2, 0.25) is 5.95 Å². The molecule has 2 N–H and O–H groups in total. The summed E-state index contributed by atoms with van der Waals surface area (Å²) >= 11 is 0. The van der Waals surface area contributed by atoms with Crippen LogP contribution >= 0.6 is 0 Å². The fourth-order valence-electron chi connectivity index (χ4n) is 4.86. The van der Waals surface area contributed by atoms with Gasteiger partial charge in [-0.15, -0.1) is 0 Å². The normalized spacial score (nSPS) is 15.8. The minimum absolute atomic E-state index is 0.0135. The number of hydrogen-bond acceptors (Lipinski definition) is 8. The predicted octanol–water partition coefficient (Wildman–Crippen LogP) is 3.60. The first-order valence-corrected chi connectivity index (χ1v) is 12.2. The lowest BCUT2D eigenvalue weighted by atomic mass is 10.0. The predicted molar refractivity (Wildman–Crippen MR) is 140 cm³/mol. The number of nitrogens with one attached hydrogen (secondary N) is 2. The van der Waals surface area contributed by atoms with Crippen LogP contribution in [0.4, 0.5) is 20.5 Å². The summed E-state index contributed by atoms with van der Waals surface area (Å²) in [5.74, 6) is 0.119. The van der Waals surface area contributed by atoms with Crippen LogP contribution in [0.5, 0.6) is 0 Å². The van der Waals surface area contributed by atoms with Crippen molar-refractivity contribution in [3.63, 3.8) is 0 Å². The van der Waals surface area contributed by atoms with Gasteiger partial charge in [-0.2, -0.15) is 0 Å². The minimum Gasteiger partial charge on any atom is -0.317 e. The Balaban J connectivity index is 1.37. The number of pyridine rings is 1. The third-order valence-electron chi connectivity index (χ3n) is 6.39. The Morgan fingerprint density at radius 1 is 1.08 bits per heavy atom. The van der Waals surface area contributed by atoms with Crippen LogP contribution in [0.25, 0.3) is 22.3 Å². The molecule has 1 saturated heterocycles. The lowest BCUT2D eigenvalue weighted by molar-refractivity contribution is 0.148. The zero-order valence-corrected chi connectivity index (χ0v) is 21.7. The molecule has 0 bridgehead atoms. The zero-order valence-electron chi connectivity index (χ0n) is 21.7.